The summed E-state index contributed by atoms with van der Waals surface area (Å²) in [6.45, 7) is 0. The zero-order valence-electron chi connectivity index (χ0n) is 30.0. The van der Waals surface area contributed by atoms with E-state index in [9.17, 15) is 4.39 Å². The van der Waals surface area contributed by atoms with E-state index in [0.717, 1.165) is 48.3 Å². The Bertz CT molecular complexity index is 2250. The molecule has 0 aliphatic rings. The summed E-state index contributed by atoms with van der Waals surface area (Å²) in [7, 11) is 0. The summed E-state index contributed by atoms with van der Waals surface area (Å²) in [4.78, 5) is 9.11. The van der Waals surface area contributed by atoms with Crippen molar-refractivity contribution < 1.29 is 27.2 Å². The maximum atomic E-state index is 14.3. The molecular weight excluding hydrogens is 909 g/mol. The number of hydrogen-bond acceptors (Lipinski definition) is 3. The second-order valence-corrected chi connectivity index (χ2v) is 35.3. The van der Waals surface area contributed by atoms with Gasteiger partial charge in [0.2, 0.25) is 0 Å². The van der Waals surface area contributed by atoms with Crippen LogP contribution in [0.25, 0.3) is 53.8 Å². The van der Waals surface area contributed by atoms with E-state index < -0.39 is 31.7 Å². The average molecular weight is 950 g/mol. The van der Waals surface area contributed by atoms with Gasteiger partial charge >= 0.3 is 269 Å². The zero-order chi connectivity index (χ0) is 35.0. The van der Waals surface area contributed by atoms with Gasteiger partial charge in [0.05, 0.1) is 0 Å². The Kier molecular flexibility index (Phi) is 10.7. The van der Waals surface area contributed by atoms with Gasteiger partial charge in [0.1, 0.15) is 0 Å². The van der Waals surface area contributed by atoms with E-state index in [-0.39, 0.29) is 25.9 Å². The quantitative estimate of drug-likeness (QED) is 0.123. The van der Waals surface area contributed by atoms with Gasteiger partial charge in [-0.1, -0.05) is 12.1 Å². The van der Waals surface area contributed by atoms with Crippen LogP contribution in [0.15, 0.2) is 116 Å². The number of pyridine rings is 2. The fourth-order valence-electron chi connectivity index (χ4n) is 5.42. The first kappa shape index (κ1) is 33.6. The Balaban J connectivity index is 0.000000241. The van der Waals surface area contributed by atoms with Gasteiger partial charge in [-0.2, -0.15) is 0 Å². The third kappa shape index (κ3) is 8.61. The van der Waals surface area contributed by atoms with Crippen LogP contribution in [-0.2, 0) is 25.3 Å². The molecule has 0 atom stereocenters. The number of aromatic nitrogens is 2. The van der Waals surface area contributed by atoms with Gasteiger partial charge in [0.25, 0.3) is 0 Å². The Morgan fingerprint density at radius 1 is 0.771 bits per heavy atom. The third-order valence-electron chi connectivity index (χ3n) is 7.77. The minimum absolute atomic E-state index is 0. The monoisotopic (exact) mass is 953 g/mol. The normalized spacial score (nSPS) is 12.5. The average Bonchev–Trinajstić information content (AvgIpc) is 3.46. The molecule has 2 nitrogen and oxygen atoms in total. The van der Waals surface area contributed by atoms with E-state index >= 15 is 0 Å². The number of benzene rings is 4. The van der Waals surface area contributed by atoms with Gasteiger partial charge in [0, 0.05) is 20.1 Å². The molecule has 0 saturated heterocycles. The molecule has 0 aliphatic heterocycles. The molecule has 0 aliphatic carbocycles. The summed E-state index contributed by atoms with van der Waals surface area (Å²) in [6.07, 6.45) is 3.74. The first-order valence-corrected chi connectivity index (χ1v) is 31.3. The second-order valence-electron chi connectivity index (χ2n) is 13.7. The molecule has 3 heterocycles. The van der Waals surface area contributed by atoms with Crippen molar-refractivity contribution in [2.24, 2.45) is 0 Å². The predicted octanol–water partition coefficient (Wildman–Crippen LogP) is 11.2. The summed E-state index contributed by atoms with van der Waals surface area (Å²) in [5.74, 6) is 13.2. The molecular formula is C41H39FGe2IrN2S-2. The van der Waals surface area contributed by atoms with Crippen molar-refractivity contribution in [2.45, 2.75) is 39.7 Å². The van der Waals surface area contributed by atoms with E-state index in [2.05, 4.69) is 74.8 Å². The molecule has 0 unspecified atom stereocenters. The van der Waals surface area contributed by atoms with Crippen LogP contribution in [0.1, 0.15) is 8.30 Å². The molecule has 3 aromatic heterocycles. The van der Waals surface area contributed by atoms with Crippen molar-refractivity contribution in [1.82, 2.24) is 9.97 Å². The summed E-state index contributed by atoms with van der Waals surface area (Å²) in [5.41, 5.74) is 5.81. The number of nitrogens with zero attached hydrogens (tertiary/aromatic N) is 2. The van der Waals surface area contributed by atoms with Crippen LogP contribution in [-0.4, -0.2) is 36.5 Å². The van der Waals surface area contributed by atoms with Crippen LogP contribution in [0.5, 0.6) is 0 Å². The fraction of sp³-hybridized carbons (Fsp3) is 0.171. The zero-order valence-corrected chi connectivity index (χ0v) is 35.4. The van der Waals surface area contributed by atoms with Crippen LogP contribution in [0.2, 0.25) is 34.5 Å². The van der Waals surface area contributed by atoms with E-state index in [4.69, 9.17) is 2.74 Å². The minimum atomic E-state index is -2.65. The SMILES string of the molecule is [2H][C]([2H])(c1ccnc(-c2[c-]ccc3c2sc2cc(-c4ccccc4F)ccc23)c1)[Ge]([CH3])([CH3])[CH3].[CH3][Ge]([CH3])([CH3])[c]1ccc(-c2[c-]cccc2)nc1.[Ir]. The fourth-order valence-corrected chi connectivity index (χ4v) is 11.0. The van der Waals surface area contributed by atoms with E-state index in [0.29, 0.717) is 11.1 Å². The van der Waals surface area contributed by atoms with Crippen molar-refractivity contribution in [3.05, 3.63) is 139 Å². The maximum Gasteiger partial charge on any atom is 0 e. The Hall–Kier alpha value is -2.93. The van der Waals surface area contributed by atoms with Crippen molar-refractivity contribution in [3.63, 3.8) is 0 Å². The van der Waals surface area contributed by atoms with E-state index in [1.807, 2.05) is 66.9 Å². The number of fused-ring (bicyclic) bond motifs is 3. The van der Waals surface area contributed by atoms with E-state index in [1.54, 1.807) is 35.7 Å². The molecule has 0 spiro atoms. The van der Waals surface area contributed by atoms with Crippen LogP contribution in [0, 0.1) is 17.9 Å². The number of halogens is 1. The van der Waals surface area contributed by atoms with Crippen molar-refractivity contribution in [2.75, 3.05) is 0 Å². The smallest absolute Gasteiger partial charge is 0 e. The van der Waals surface area contributed by atoms with Gasteiger partial charge in [0.15, 0.2) is 0 Å². The molecule has 48 heavy (non-hydrogen) atoms. The first-order chi connectivity index (χ1) is 23.2. The second kappa shape index (κ2) is 15.3. The minimum Gasteiger partial charge on any atom is 0 e. The van der Waals surface area contributed by atoms with Crippen LogP contribution >= 0.6 is 11.3 Å². The molecule has 0 N–H and O–H groups in total. The Morgan fingerprint density at radius 3 is 2.25 bits per heavy atom. The van der Waals surface area contributed by atoms with E-state index in [1.165, 1.54) is 10.5 Å². The standard InChI is InChI=1S/C27H23FGeNS.C14H16GeN.Ir/c1-29(2,3)17-18-13-14-30-25(15-18)23-9-6-8-22-21-12-11-19(16-26(21)31-27(22)23)20-7-4-5-10-24(20)28;1-15(2,3)13-9-10-14(16-11-13)12-7-5-4-6-8-12;/h4-8,10-16H,17H2,1-3H3;4-7,9-11H,1-3H3;/q2*-1;/i17D2;;. The van der Waals surface area contributed by atoms with Gasteiger partial charge < -0.3 is 0 Å². The van der Waals surface area contributed by atoms with Gasteiger partial charge in [-0.25, -0.2) is 4.39 Å². The molecule has 245 valence electrons. The number of hydrogen-bond donors (Lipinski definition) is 0. The molecule has 0 saturated carbocycles. The molecule has 7 aromatic rings. The Morgan fingerprint density at radius 2 is 1.56 bits per heavy atom. The summed E-state index contributed by atoms with van der Waals surface area (Å²) in [5, 5.41) is 0.898. The summed E-state index contributed by atoms with van der Waals surface area (Å²) in [6, 6.07) is 39.3. The number of rotatable bonds is 6. The number of thiophene rings is 1. The molecule has 0 amide bonds. The van der Waals surface area contributed by atoms with Crippen LogP contribution < -0.4 is 4.40 Å². The van der Waals surface area contributed by atoms with Gasteiger partial charge in [-0.05, 0) is 6.07 Å². The summed E-state index contributed by atoms with van der Waals surface area (Å²) >= 11 is -2.72. The molecule has 4 aromatic carbocycles. The third-order valence-corrected chi connectivity index (χ3v) is 15.4. The first-order valence-electron chi connectivity index (χ1n) is 16.8. The topological polar surface area (TPSA) is 25.8 Å². The van der Waals surface area contributed by atoms with Crippen molar-refractivity contribution in [3.8, 4) is 33.6 Å². The molecule has 1 radical (unpaired) electrons. The molecule has 0 bridgehead atoms. The largest absolute Gasteiger partial charge is 0 e. The van der Waals surface area contributed by atoms with Crippen LogP contribution in [0.3, 0.4) is 0 Å². The maximum absolute atomic E-state index is 14.3. The van der Waals surface area contributed by atoms with Crippen LogP contribution in [0.4, 0.5) is 4.39 Å². The predicted molar refractivity (Wildman–Crippen MR) is 205 cm³/mol. The Labute approximate surface area is 309 Å². The summed E-state index contributed by atoms with van der Waals surface area (Å²) < 4.78 is 35.4. The molecule has 0 fully saturated rings. The molecule has 7 rings (SSSR count). The van der Waals surface area contributed by atoms with Gasteiger partial charge in [-0.15, -0.1) is 0 Å². The van der Waals surface area contributed by atoms with Crippen molar-refractivity contribution >= 4 is 62.4 Å². The van der Waals surface area contributed by atoms with Crippen molar-refractivity contribution in [1.29, 1.82) is 0 Å². The molecule has 7 heteroatoms. The van der Waals surface area contributed by atoms with Gasteiger partial charge in [-0.3, -0.25) is 0 Å².